The number of carbonyl (C=O) groups excluding carboxylic acids is 1. The number of piperidine rings is 3. The molecule has 134 valence electrons. The van der Waals surface area contributed by atoms with E-state index in [1.165, 1.54) is 6.42 Å². The molecule has 2 bridgehead atoms. The van der Waals surface area contributed by atoms with Gasteiger partial charge in [-0.15, -0.1) is 6.58 Å². The van der Waals surface area contributed by atoms with Crippen molar-refractivity contribution in [3.63, 3.8) is 0 Å². The van der Waals surface area contributed by atoms with Crippen LogP contribution in [0, 0.1) is 11.8 Å². The van der Waals surface area contributed by atoms with E-state index >= 15 is 0 Å². The first-order chi connectivity index (χ1) is 12.1. The average molecular weight is 342 g/mol. The molecule has 1 unspecified atom stereocenters. The SMILES string of the molecule is C=C[C@H]1CN2CC[C@H]1C[C@H]2[C@H](O)C1=C2C=C(OC)C=C[C@H]2NC(=O)C1. The Morgan fingerprint density at radius 2 is 2.36 bits per heavy atom. The molecule has 1 aliphatic carbocycles. The first-order valence-electron chi connectivity index (χ1n) is 9.11. The number of aliphatic hydroxyl groups excluding tert-OH is 1. The molecule has 5 rings (SSSR count). The van der Waals surface area contributed by atoms with E-state index in [1.54, 1.807) is 7.11 Å². The van der Waals surface area contributed by atoms with Crippen molar-refractivity contribution in [3.8, 4) is 0 Å². The molecule has 2 N–H and O–H groups in total. The minimum absolute atomic E-state index is 0.0262. The van der Waals surface area contributed by atoms with Crippen LogP contribution in [-0.4, -0.2) is 54.3 Å². The number of carbonyl (C=O) groups is 1. The Bertz CT molecular complexity index is 678. The van der Waals surface area contributed by atoms with E-state index in [-0.39, 0.29) is 24.4 Å². The summed E-state index contributed by atoms with van der Waals surface area (Å²) >= 11 is 0. The molecule has 5 heteroatoms. The second-order valence-corrected chi connectivity index (χ2v) is 7.50. The first-order valence-corrected chi connectivity index (χ1v) is 9.11. The number of hydrogen-bond acceptors (Lipinski definition) is 4. The van der Waals surface area contributed by atoms with Crippen LogP contribution in [0.3, 0.4) is 0 Å². The summed E-state index contributed by atoms with van der Waals surface area (Å²) in [6.45, 7) is 5.95. The topological polar surface area (TPSA) is 61.8 Å². The van der Waals surface area contributed by atoms with Gasteiger partial charge >= 0.3 is 0 Å². The van der Waals surface area contributed by atoms with E-state index in [2.05, 4.69) is 22.9 Å². The van der Waals surface area contributed by atoms with Gasteiger partial charge in [0.25, 0.3) is 0 Å². The summed E-state index contributed by atoms with van der Waals surface area (Å²) < 4.78 is 5.34. The number of allylic oxidation sites excluding steroid dienone is 1. The molecule has 0 aromatic rings. The predicted octanol–water partition coefficient (Wildman–Crippen LogP) is 1.53. The summed E-state index contributed by atoms with van der Waals surface area (Å²) in [4.78, 5) is 14.5. The number of ether oxygens (including phenoxy) is 1. The summed E-state index contributed by atoms with van der Waals surface area (Å²) in [6.07, 6.45) is 9.59. The minimum Gasteiger partial charge on any atom is -0.497 e. The van der Waals surface area contributed by atoms with Gasteiger partial charge in [0.1, 0.15) is 5.76 Å². The molecule has 25 heavy (non-hydrogen) atoms. The van der Waals surface area contributed by atoms with Gasteiger partial charge in [-0.05, 0) is 54.5 Å². The van der Waals surface area contributed by atoms with Gasteiger partial charge in [-0.3, -0.25) is 9.69 Å². The lowest BCUT2D eigenvalue weighted by Crippen LogP contribution is -2.58. The molecule has 0 aromatic heterocycles. The highest BCUT2D eigenvalue weighted by Crippen LogP contribution is 2.40. The van der Waals surface area contributed by atoms with Crippen LogP contribution < -0.4 is 5.32 Å². The highest BCUT2D eigenvalue weighted by atomic mass is 16.5. The van der Waals surface area contributed by atoms with E-state index in [4.69, 9.17) is 4.74 Å². The largest absolute Gasteiger partial charge is 0.497 e. The van der Waals surface area contributed by atoms with Crippen LogP contribution in [0.1, 0.15) is 19.3 Å². The van der Waals surface area contributed by atoms with E-state index in [0.717, 1.165) is 36.4 Å². The lowest BCUT2D eigenvalue weighted by atomic mass is 9.72. The zero-order valence-corrected chi connectivity index (χ0v) is 14.6. The zero-order valence-electron chi connectivity index (χ0n) is 14.6. The number of fused-ring (bicyclic) bond motifs is 4. The Labute approximate surface area is 148 Å². The fourth-order valence-electron chi connectivity index (χ4n) is 4.84. The highest BCUT2D eigenvalue weighted by Gasteiger charge is 2.44. The fraction of sp³-hybridized carbons (Fsp3) is 0.550. The highest BCUT2D eigenvalue weighted by molar-refractivity contribution is 5.82. The molecule has 3 fully saturated rings. The third-order valence-corrected chi connectivity index (χ3v) is 6.24. The number of hydrogen-bond donors (Lipinski definition) is 2. The number of nitrogens with one attached hydrogen (secondary N) is 1. The molecule has 0 spiro atoms. The van der Waals surface area contributed by atoms with E-state index in [9.17, 15) is 9.90 Å². The van der Waals surface area contributed by atoms with Crippen molar-refractivity contribution < 1.29 is 14.6 Å². The number of amides is 1. The molecule has 0 aromatic carbocycles. The van der Waals surface area contributed by atoms with E-state index < -0.39 is 6.10 Å². The molecule has 6 atom stereocenters. The second kappa shape index (κ2) is 6.46. The van der Waals surface area contributed by atoms with E-state index in [0.29, 0.717) is 11.8 Å². The molecule has 4 heterocycles. The second-order valence-electron chi connectivity index (χ2n) is 7.50. The normalized spacial score (nSPS) is 37.9. The van der Waals surface area contributed by atoms with Crippen LogP contribution in [0.2, 0.25) is 0 Å². The first kappa shape index (κ1) is 16.6. The zero-order chi connectivity index (χ0) is 17.6. The molecule has 5 nitrogen and oxygen atoms in total. The smallest absolute Gasteiger partial charge is 0.224 e. The van der Waals surface area contributed by atoms with Crippen LogP contribution in [0.4, 0.5) is 0 Å². The number of aliphatic hydroxyl groups is 1. The van der Waals surface area contributed by atoms with Crippen molar-refractivity contribution in [2.45, 2.75) is 37.5 Å². The summed E-state index contributed by atoms with van der Waals surface area (Å²) in [5.74, 6) is 1.85. The predicted molar refractivity (Wildman–Crippen MR) is 95.6 cm³/mol. The van der Waals surface area contributed by atoms with Gasteiger partial charge in [-0.1, -0.05) is 12.2 Å². The van der Waals surface area contributed by atoms with Crippen molar-refractivity contribution in [3.05, 3.63) is 47.8 Å². The van der Waals surface area contributed by atoms with Crippen LogP contribution in [0.25, 0.3) is 0 Å². The summed E-state index contributed by atoms with van der Waals surface area (Å²) in [7, 11) is 1.63. The maximum Gasteiger partial charge on any atom is 0.224 e. The minimum atomic E-state index is -0.613. The third-order valence-electron chi connectivity index (χ3n) is 6.24. The van der Waals surface area contributed by atoms with E-state index in [1.807, 2.05) is 18.2 Å². The Hall–Kier alpha value is -1.85. The van der Waals surface area contributed by atoms with Crippen LogP contribution >= 0.6 is 0 Å². The molecule has 5 aliphatic rings. The maximum absolute atomic E-state index is 12.2. The molecular weight excluding hydrogens is 316 g/mol. The Morgan fingerprint density at radius 1 is 1.52 bits per heavy atom. The summed E-state index contributed by atoms with van der Waals surface area (Å²) in [5, 5.41) is 14.2. The van der Waals surface area contributed by atoms with Gasteiger partial charge in [0.2, 0.25) is 5.91 Å². The number of rotatable bonds is 4. The Balaban J connectivity index is 1.64. The Morgan fingerprint density at radius 3 is 3.04 bits per heavy atom. The van der Waals surface area contributed by atoms with Gasteiger partial charge < -0.3 is 15.2 Å². The van der Waals surface area contributed by atoms with Gasteiger partial charge in [0, 0.05) is 12.6 Å². The lowest BCUT2D eigenvalue weighted by Gasteiger charge is -2.51. The van der Waals surface area contributed by atoms with Gasteiger partial charge in [-0.25, -0.2) is 0 Å². The Kier molecular flexibility index (Phi) is 4.29. The van der Waals surface area contributed by atoms with Gasteiger partial charge in [0.15, 0.2) is 0 Å². The molecule has 1 amide bonds. The molecule has 0 saturated carbocycles. The van der Waals surface area contributed by atoms with Crippen molar-refractivity contribution in [2.75, 3.05) is 20.2 Å². The molecule has 4 aliphatic heterocycles. The molecular formula is C20H26N2O3. The summed E-state index contributed by atoms with van der Waals surface area (Å²) in [5.41, 5.74) is 1.83. The number of methoxy groups -OCH3 is 1. The molecule has 0 radical (unpaired) electrons. The monoisotopic (exact) mass is 342 g/mol. The van der Waals surface area contributed by atoms with Crippen LogP contribution in [0.15, 0.2) is 47.8 Å². The molecule has 3 saturated heterocycles. The van der Waals surface area contributed by atoms with Crippen molar-refractivity contribution in [1.29, 1.82) is 0 Å². The van der Waals surface area contributed by atoms with Gasteiger partial charge in [-0.2, -0.15) is 0 Å². The maximum atomic E-state index is 12.2. The lowest BCUT2D eigenvalue weighted by molar-refractivity contribution is -0.121. The third kappa shape index (κ3) is 2.85. The summed E-state index contributed by atoms with van der Waals surface area (Å²) in [6, 6.07) is -0.0733. The van der Waals surface area contributed by atoms with Crippen LogP contribution in [-0.2, 0) is 9.53 Å². The standard InChI is InChI=1S/C20H26N2O3/c1-3-12-11-22-7-6-13(12)8-18(22)20(24)16-10-19(23)21-17-5-4-14(25-2)9-15(16)17/h3-5,9,12-13,17-18,20,24H,1,6-8,10-11H2,2H3,(H,21,23)/t12-,13-,17+,18-,20+/m0/s1. The van der Waals surface area contributed by atoms with Crippen molar-refractivity contribution in [2.24, 2.45) is 11.8 Å². The quantitative estimate of drug-likeness (QED) is 0.761. The average Bonchev–Trinajstić information content (AvgIpc) is 2.66. The van der Waals surface area contributed by atoms with Gasteiger partial charge in [0.05, 0.1) is 25.7 Å². The van der Waals surface area contributed by atoms with Crippen LogP contribution in [0.5, 0.6) is 0 Å². The van der Waals surface area contributed by atoms with Crippen molar-refractivity contribution in [1.82, 2.24) is 10.2 Å². The van der Waals surface area contributed by atoms with Crippen molar-refractivity contribution >= 4 is 5.91 Å². The fourth-order valence-corrected chi connectivity index (χ4v) is 4.84. The number of nitrogens with zero attached hydrogens (tertiary/aromatic N) is 1.